The van der Waals surface area contributed by atoms with E-state index in [2.05, 4.69) is 24.1 Å². The lowest BCUT2D eigenvalue weighted by Gasteiger charge is -2.32. The summed E-state index contributed by atoms with van der Waals surface area (Å²) in [6, 6.07) is 17.0. The van der Waals surface area contributed by atoms with Crippen molar-refractivity contribution in [2.75, 3.05) is 17.3 Å². The van der Waals surface area contributed by atoms with Gasteiger partial charge in [0.1, 0.15) is 11.7 Å². The summed E-state index contributed by atoms with van der Waals surface area (Å²) >= 11 is 0. The van der Waals surface area contributed by atoms with Gasteiger partial charge >= 0.3 is 0 Å². The number of nitrogens with zero attached hydrogens (tertiary/aromatic N) is 3. The van der Waals surface area contributed by atoms with E-state index in [1.807, 2.05) is 34.9 Å². The van der Waals surface area contributed by atoms with Gasteiger partial charge in [0.05, 0.1) is 25.7 Å². The monoisotopic (exact) mass is 418 g/mol. The zero-order valence-electron chi connectivity index (χ0n) is 17.9. The van der Waals surface area contributed by atoms with Gasteiger partial charge in [-0.15, -0.1) is 0 Å². The van der Waals surface area contributed by atoms with E-state index in [0.29, 0.717) is 30.2 Å². The smallest absolute Gasteiger partial charge is 0.241 e. The van der Waals surface area contributed by atoms with Crippen LogP contribution in [0.3, 0.4) is 0 Å². The molecule has 0 bridgehead atoms. The van der Waals surface area contributed by atoms with Crippen LogP contribution >= 0.6 is 0 Å². The Labute approximate surface area is 181 Å². The predicted octanol–water partition coefficient (Wildman–Crippen LogP) is 3.82. The van der Waals surface area contributed by atoms with Gasteiger partial charge in [-0.25, -0.2) is 4.98 Å². The lowest BCUT2D eigenvalue weighted by molar-refractivity contribution is -0.131. The lowest BCUT2D eigenvalue weighted by atomic mass is 9.95. The van der Waals surface area contributed by atoms with Crippen molar-refractivity contribution in [3.05, 3.63) is 72.2 Å². The molecule has 160 valence electrons. The second-order valence-corrected chi connectivity index (χ2v) is 7.90. The minimum atomic E-state index is -0.836. The topological polar surface area (TPSA) is 76.5 Å². The number of amides is 2. The largest absolute Gasteiger partial charge is 0.497 e. The Morgan fingerprint density at radius 3 is 2.68 bits per heavy atom. The zero-order valence-corrected chi connectivity index (χ0v) is 17.9. The molecule has 0 spiro atoms. The lowest BCUT2D eigenvalue weighted by Crippen LogP contribution is -2.46. The molecule has 1 aliphatic heterocycles. The van der Waals surface area contributed by atoms with Gasteiger partial charge in [0.15, 0.2) is 5.82 Å². The number of nitrogens with one attached hydrogen (secondary N) is 1. The van der Waals surface area contributed by atoms with E-state index in [1.54, 1.807) is 42.6 Å². The first-order valence-electron chi connectivity index (χ1n) is 10.3. The molecule has 0 fully saturated rings. The van der Waals surface area contributed by atoms with Gasteiger partial charge in [-0.3, -0.25) is 14.5 Å². The molecule has 7 heteroatoms. The maximum absolute atomic E-state index is 13.4. The molecule has 2 aromatic carbocycles. The predicted molar refractivity (Wildman–Crippen MR) is 119 cm³/mol. The van der Waals surface area contributed by atoms with Crippen LogP contribution in [0.1, 0.15) is 31.1 Å². The summed E-state index contributed by atoms with van der Waals surface area (Å²) in [6.07, 6.45) is 2.07. The minimum absolute atomic E-state index is 0.171. The highest BCUT2D eigenvalue weighted by molar-refractivity contribution is 6.13. The molecule has 0 radical (unpaired) electrons. The van der Waals surface area contributed by atoms with Crippen molar-refractivity contribution < 1.29 is 14.3 Å². The molecule has 31 heavy (non-hydrogen) atoms. The molecule has 1 atom stereocenters. The Balaban J connectivity index is 1.65. The van der Waals surface area contributed by atoms with Crippen LogP contribution in [0.25, 0.3) is 0 Å². The molecule has 0 aliphatic carbocycles. The summed E-state index contributed by atoms with van der Waals surface area (Å²) < 4.78 is 7.26. The summed E-state index contributed by atoms with van der Waals surface area (Å²) in [7, 11) is 1.57. The molecule has 0 saturated heterocycles. The molecule has 2 heterocycles. The average Bonchev–Trinajstić information content (AvgIpc) is 3.20. The fourth-order valence-corrected chi connectivity index (χ4v) is 3.87. The molecule has 4 rings (SSSR count). The van der Waals surface area contributed by atoms with Crippen molar-refractivity contribution in [1.82, 2.24) is 9.55 Å². The van der Waals surface area contributed by atoms with E-state index in [-0.39, 0.29) is 17.9 Å². The van der Waals surface area contributed by atoms with Crippen molar-refractivity contribution in [3.8, 4) is 5.75 Å². The second-order valence-electron chi connectivity index (χ2n) is 7.90. The van der Waals surface area contributed by atoms with Crippen molar-refractivity contribution in [2.24, 2.45) is 5.92 Å². The van der Waals surface area contributed by atoms with E-state index in [4.69, 9.17) is 4.74 Å². The second kappa shape index (κ2) is 8.63. The average molecular weight is 418 g/mol. The summed E-state index contributed by atoms with van der Waals surface area (Å²) in [5.41, 5.74) is 2.47. The maximum Gasteiger partial charge on any atom is 0.241 e. The Bertz CT molecular complexity index is 1090. The van der Waals surface area contributed by atoms with Gasteiger partial charge in [-0.05, 0) is 31.5 Å². The van der Waals surface area contributed by atoms with Crippen molar-refractivity contribution in [2.45, 2.75) is 32.9 Å². The van der Waals surface area contributed by atoms with Crippen LogP contribution in [-0.2, 0) is 22.6 Å². The fourth-order valence-electron chi connectivity index (χ4n) is 3.87. The van der Waals surface area contributed by atoms with Gasteiger partial charge in [0.2, 0.25) is 11.8 Å². The first kappa shape index (κ1) is 20.7. The summed E-state index contributed by atoms with van der Waals surface area (Å²) in [5, 5.41) is 2.88. The highest BCUT2D eigenvalue weighted by atomic mass is 16.5. The number of hydrogen-bond donors (Lipinski definition) is 1. The molecule has 1 aliphatic rings. The number of anilines is 2. The van der Waals surface area contributed by atoms with Crippen molar-refractivity contribution in [3.63, 3.8) is 0 Å². The Morgan fingerprint density at radius 1 is 1.19 bits per heavy atom. The minimum Gasteiger partial charge on any atom is -0.497 e. The van der Waals surface area contributed by atoms with Crippen LogP contribution in [0.2, 0.25) is 0 Å². The van der Waals surface area contributed by atoms with Gasteiger partial charge in [0, 0.05) is 24.2 Å². The van der Waals surface area contributed by atoms with Gasteiger partial charge < -0.3 is 14.6 Å². The quantitative estimate of drug-likeness (QED) is 0.618. The van der Waals surface area contributed by atoms with E-state index in [0.717, 1.165) is 11.3 Å². The SMILES string of the molecule is COc1cccc(NC(=O)C2Cc3c(ncn3C(C)C)N(Cc3ccccc3)C2=O)c1. The van der Waals surface area contributed by atoms with Crippen molar-refractivity contribution >= 4 is 23.3 Å². The van der Waals surface area contributed by atoms with Crippen molar-refractivity contribution in [1.29, 1.82) is 0 Å². The maximum atomic E-state index is 13.4. The molecule has 1 unspecified atom stereocenters. The Kier molecular flexibility index (Phi) is 5.75. The van der Waals surface area contributed by atoms with E-state index in [9.17, 15) is 9.59 Å². The molecule has 2 amide bonds. The highest BCUT2D eigenvalue weighted by Crippen LogP contribution is 2.33. The van der Waals surface area contributed by atoms with Crippen LogP contribution in [-0.4, -0.2) is 28.5 Å². The molecule has 0 saturated carbocycles. The zero-order chi connectivity index (χ0) is 22.0. The van der Waals surface area contributed by atoms with E-state index < -0.39 is 5.92 Å². The van der Waals surface area contributed by atoms with Crippen LogP contribution in [0.5, 0.6) is 5.75 Å². The number of fused-ring (bicyclic) bond motifs is 1. The molecule has 7 nitrogen and oxygen atoms in total. The number of carbonyl (C=O) groups is 2. The summed E-state index contributed by atoms with van der Waals surface area (Å²) in [5.74, 6) is -0.146. The normalized spacial score (nSPS) is 15.7. The van der Waals surface area contributed by atoms with Crippen LogP contribution in [0.4, 0.5) is 11.5 Å². The van der Waals surface area contributed by atoms with E-state index in [1.165, 1.54) is 0 Å². The molecule has 1 N–H and O–H groups in total. The number of aromatic nitrogens is 2. The third-order valence-electron chi connectivity index (χ3n) is 5.49. The van der Waals surface area contributed by atoms with Gasteiger partial charge in [-0.2, -0.15) is 0 Å². The fraction of sp³-hybridized carbons (Fsp3) is 0.292. The first-order valence-corrected chi connectivity index (χ1v) is 10.3. The molecule has 3 aromatic rings. The number of carbonyl (C=O) groups excluding carboxylic acids is 2. The van der Waals surface area contributed by atoms with Gasteiger partial charge in [0.25, 0.3) is 0 Å². The molecular formula is C24H26N4O3. The number of ether oxygens (including phenoxy) is 1. The summed E-state index contributed by atoms with van der Waals surface area (Å²) in [4.78, 5) is 32.7. The number of methoxy groups -OCH3 is 1. The third-order valence-corrected chi connectivity index (χ3v) is 5.49. The number of rotatable bonds is 6. The number of hydrogen-bond acceptors (Lipinski definition) is 4. The van der Waals surface area contributed by atoms with E-state index >= 15 is 0 Å². The highest BCUT2D eigenvalue weighted by Gasteiger charge is 2.40. The number of benzene rings is 2. The third kappa shape index (κ3) is 4.17. The Morgan fingerprint density at radius 2 is 1.97 bits per heavy atom. The van der Waals surface area contributed by atoms with Crippen LogP contribution < -0.4 is 15.0 Å². The van der Waals surface area contributed by atoms with Crippen LogP contribution in [0.15, 0.2) is 60.9 Å². The molecular weight excluding hydrogens is 392 g/mol. The molecule has 1 aromatic heterocycles. The first-order chi connectivity index (χ1) is 15.0. The summed E-state index contributed by atoms with van der Waals surface area (Å²) in [6.45, 7) is 4.49. The van der Waals surface area contributed by atoms with Gasteiger partial charge in [-0.1, -0.05) is 36.4 Å². The van der Waals surface area contributed by atoms with Crippen LogP contribution in [0, 0.1) is 5.92 Å². The Hall–Kier alpha value is -3.61. The number of imidazole rings is 1. The standard InChI is InChI=1S/C24H26N4O3/c1-16(2)28-15-25-22-21(28)13-20(23(29)26-18-10-7-11-19(12-18)31-3)24(30)27(22)14-17-8-5-4-6-9-17/h4-12,15-16,20H,13-14H2,1-3H3,(H,26,29).